The first kappa shape index (κ1) is 23.7. The molecule has 0 aliphatic rings. The molecule has 160 valence electrons. The van der Waals surface area contributed by atoms with Crippen molar-refractivity contribution >= 4 is 34.3 Å². The van der Waals surface area contributed by atoms with Crippen LogP contribution in [0.25, 0.3) is 10.9 Å². The number of carbonyl (C=O) groups is 1. The Bertz CT molecular complexity index is 717. The van der Waals surface area contributed by atoms with E-state index in [4.69, 9.17) is 0 Å². The van der Waals surface area contributed by atoms with E-state index in [0.717, 1.165) is 35.2 Å². The fourth-order valence-corrected chi connectivity index (χ4v) is 4.68. The quantitative estimate of drug-likeness (QED) is 0.318. The minimum atomic E-state index is 0.00901. The number of hydrogen-bond donors (Lipinski definition) is 1. The molecule has 1 aromatic heterocycles. The third kappa shape index (κ3) is 8.73. The van der Waals surface area contributed by atoms with Crippen LogP contribution < -0.4 is 5.32 Å². The van der Waals surface area contributed by atoms with Gasteiger partial charge in [-0.2, -0.15) is 5.10 Å². The molecule has 0 saturated carbocycles. The number of amides is 1. The molecule has 0 fully saturated rings. The number of benzene rings is 1. The molecular weight excluding hydrogens is 378 g/mol. The van der Waals surface area contributed by atoms with Gasteiger partial charge in [0, 0.05) is 5.39 Å². The number of hydrogen-bond acceptors (Lipinski definition) is 4. The molecule has 0 aliphatic carbocycles. The summed E-state index contributed by atoms with van der Waals surface area (Å²) in [5.74, 6) is 1.17. The minimum absolute atomic E-state index is 0.00901. The van der Waals surface area contributed by atoms with Gasteiger partial charge in [-0.3, -0.25) is 4.79 Å². The lowest BCUT2D eigenvalue weighted by Crippen LogP contribution is -2.26. The lowest BCUT2D eigenvalue weighted by molar-refractivity contribution is -0.115. The normalized spacial score (nSPS) is 12.2. The predicted molar refractivity (Wildman–Crippen MR) is 127 cm³/mol. The van der Waals surface area contributed by atoms with E-state index in [9.17, 15) is 4.79 Å². The summed E-state index contributed by atoms with van der Waals surface area (Å²) in [5.41, 5.74) is 1.52. The molecule has 0 radical (unpaired) electrons. The van der Waals surface area contributed by atoms with Crippen LogP contribution in [0.5, 0.6) is 0 Å². The van der Waals surface area contributed by atoms with E-state index in [1.165, 1.54) is 57.8 Å². The van der Waals surface area contributed by atoms with E-state index in [1.54, 1.807) is 6.20 Å². The summed E-state index contributed by atoms with van der Waals surface area (Å²) < 4.78 is 0. The molecule has 0 spiro atoms. The number of fused-ring (bicyclic) bond motifs is 1. The third-order valence-corrected chi connectivity index (χ3v) is 6.61. The summed E-state index contributed by atoms with van der Waals surface area (Å²) >= 11 is 1.82. The Morgan fingerprint density at radius 1 is 0.966 bits per heavy atom. The van der Waals surface area contributed by atoms with Crippen LogP contribution in [0, 0.1) is 0 Å². The van der Waals surface area contributed by atoms with Crippen LogP contribution in [-0.4, -0.2) is 27.1 Å². The van der Waals surface area contributed by atoms with Gasteiger partial charge >= 0.3 is 0 Å². The summed E-state index contributed by atoms with van der Waals surface area (Å²) in [7, 11) is 0. The van der Waals surface area contributed by atoms with Crippen molar-refractivity contribution in [3.05, 3.63) is 30.5 Å². The number of nitrogens with zero attached hydrogens (tertiary/aromatic N) is 2. The fourth-order valence-electron chi connectivity index (χ4n) is 3.48. The van der Waals surface area contributed by atoms with Crippen LogP contribution in [0.3, 0.4) is 0 Å². The molecule has 0 saturated heterocycles. The molecule has 1 heterocycles. The van der Waals surface area contributed by atoms with E-state index in [2.05, 4.69) is 29.4 Å². The van der Waals surface area contributed by atoms with E-state index in [1.807, 2.05) is 36.0 Å². The molecule has 4 nitrogen and oxygen atoms in total. The maximum atomic E-state index is 13.1. The average molecular weight is 416 g/mol. The molecule has 1 unspecified atom stereocenters. The summed E-state index contributed by atoms with van der Waals surface area (Å²) in [4.78, 5) is 13.1. The van der Waals surface area contributed by atoms with Crippen LogP contribution in [0.1, 0.15) is 84.5 Å². The van der Waals surface area contributed by atoms with Gasteiger partial charge in [0.05, 0.1) is 17.1 Å². The molecule has 2 rings (SSSR count). The number of thioether (sulfide) groups is 1. The van der Waals surface area contributed by atoms with Crippen LogP contribution in [0.15, 0.2) is 30.5 Å². The van der Waals surface area contributed by atoms with E-state index < -0.39 is 0 Å². The third-order valence-electron chi connectivity index (χ3n) is 5.23. The SMILES string of the molecule is CCCCCCCCC(SCCCCCC)C(=O)Nc1cccc2ccnnc12. The summed E-state index contributed by atoms with van der Waals surface area (Å²) in [6, 6.07) is 7.80. The van der Waals surface area contributed by atoms with Gasteiger partial charge in [0.25, 0.3) is 0 Å². The first-order valence-electron chi connectivity index (χ1n) is 11.4. The van der Waals surface area contributed by atoms with Crippen molar-refractivity contribution in [1.82, 2.24) is 10.2 Å². The van der Waals surface area contributed by atoms with Crippen molar-refractivity contribution in [3.8, 4) is 0 Å². The van der Waals surface area contributed by atoms with Crippen LogP contribution in [0.4, 0.5) is 5.69 Å². The van der Waals surface area contributed by atoms with Crippen LogP contribution in [-0.2, 0) is 4.79 Å². The maximum Gasteiger partial charge on any atom is 0.237 e. The summed E-state index contributed by atoms with van der Waals surface area (Å²) in [6.07, 6.45) is 15.1. The number of unbranched alkanes of at least 4 members (excludes halogenated alkanes) is 8. The second-order valence-corrected chi connectivity index (χ2v) is 9.05. The highest BCUT2D eigenvalue weighted by Crippen LogP contribution is 2.25. The zero-order valence-corrected chi connectivity index (χ0v) is 19.0. The number of carbonyl (C=O) groups excluding carboxylic acids is 1. The van der Waals surface area contributed by atoms with Gasteiger partial charge in [-0.05, 0) is 30.7 Å². The number of aromatic nitrogens is 2. The van der Waals surface area contributed by atoms with Gasteiger partial charge in [0.15, 0.2) is 0 Å². The highest BCUT2D eigenvalue weighted by Gasteiger charge is 2.19. The van der Waals surface area contributed by atoms with E-state index in [0.29, 0.717) is 0 Å². The number of nitrogens with one attached hydrogen (secondary N) is 1. The Kier molecular flexibility index (Phi) is 11.7. The maximum absolute atomic E-state index is 13.1. The lowest BCUT2D eigenvalue weighted by Gasteiger charge is -2.17. The van der Waals surface area contributed by atoms with Gasteiger partial charge < -0.3 is 5.32 Å². The minimum Gasteiger partial charge on any atom is -0.323 e. The predicted octanol–water partition coefficient (Wildman–Crippen LogP) is 7.00. The Labute approximate surface area is 180 Å². The Hall–Kier alpha value is -1.62. The number of rotatable bonds is 15. The molecule has 0 bridgehead atoms. The van der Waals surface area contributed by atoms with Crippen molar-refractivity contribution < 1.29 is 4.79 Å². The Morgan fingerprint density at radius 2 is 1.69 bits per heavy atom. The zero-order valence-electron chi connectivity index (χ0n) is 18.2. The van der Waals surface area contributed by atoms with Crippen molar-refractivity contribution in [2.24, 2.45) is 0 Å². The fraction of sp³-hybridized carbons (Fsp3) is 0.625. The van der Waals surface area contributed by atoms with Crippen LogP contribution >= 0.6 is 11.8 Å². The lowest BCUT2D eigenvalue weighted by atomic mass is 10.1. The van der Waals surface area contributed by atoms with Crippen molar-refractivity contribution in [1.29, 1.82) is 0 Å². The smallest absolute Gasteiger partial charge is 0.237 e. The van der Waals surface area contributed by atoms with Gasteiger partial charge in [0.1, 0.15) is 5.52 Å². The highest BCUT2D eigenvalue weighted by molar-refractivity contribution is 8.00. The molecular formula is C24H37N3OS. The molecule has 2 aromatic rings. The monoisotopic (exact) mass is 415 g/mol. The van der Waals surface area contributed by atoms with Crippen molar-refractivity contribution in [2.75, 3.05) is 11.1 Å². The first-order valence-corrected chi connectivity index (χ1v) is 12.4. The highest BCUT2D eigenvalue weighted by atomic mass is 32.2. The standard InChI is InChI=1S/C24H37N3OS/c1-3-5-7-9-10-11-16-22(29-19-12-8-6-4-2)24(28)26-21-15-13-14-20-17-18-25-27-23(20)21/h13-15,17-18,22H,3-12,16,19H2,1-2H3,(H,26,28). The molecule has 5 heteroatoms. The van der Waals surface area contributed by atoms with Gasteiger partial charge in [0.2, 0.25) is 5.91 Å². The molecule has 1 atom stereocenters. The molecule has 1 aromatic carbocycles. The molecule has 29 heavy (non-hydrogen) atoms. The van der Waals surface area contributed by atoms with Crippen molar-refractivity contribution in [3.63, 3.8) is 0 Å². The zero-order chi connectivity index (χ0) is 20.7. The Morgan fingerprint density at radius 3 is 2.48 bits per heavy atom. The largest absolute Gasteiger partial charge is 0.323 e. The van der Waals surface area contributed by atoms with Gasteiger partial charge in [-0.25, -0.2) is 0 Å². The average Bonchev–Trinajstić information content (AvgIpc) is 2.74. The molecule has 1 N–H and O–H groups in total. The second-order valence-electron chi connectivity index (χ2n) is 7.74. The first-order chi connectivity index (χ1) is 14.3. The van der Waals surface area contributed by atoms with Gasteiger partial charge in [-0.1, -0.05) is 83.8 Å². The molecule has 0 aliphatic heterocycles. The van der Waals surface area contributed by atoms with E-state index in [-0.39, 0.29) is 11.2 Å². The van der Waals surface area contributed by atoms with Gasteiger partial charge in [-0.15, -0.1) is 16.9 Å². The molecule has 1 amide bonds. The second kappa shape index (κ2) is 14.4. The summed E-state index contributed by atoms with van der Waals surface area (Å²) in [6.45, 7) is 4.47. The van der Waals surface area contributed by atoms with E-state index >= 15 is 0 Å². The number of anilines is 1. The Balaban J connectivity index is 1.92. The topological polar surface area (TPSA) is 54.9 Å². The summed E-state index contributed by atoms with van der Waals surface area (Å²) in [5, 5.41) is 12.3. The van der Waals surface area contributed by atoms with Crippen LogP contribution in [0.2, 0.25) is 0 Å². The van der Waals surface area contributed by atoms with Crippen molar-refractivity contribution in [2.45, 2.75) is 89.7 Å².